The molecule has 3 heteroatoms. The lowest BCUT2D eigenvalue weighted by atomic mass is 10.1. The Hall–Kier alpha value is -3.20. The lowest BCUT2D eigenvalue weighted by molar-refractivity contribution is 0.568. The van der Waals surface area contributed by atoms with Gasteiger partial charge in [0.25, 0.3) is 0 Å². The first-order valence-corrected chi connectivity index (χ1v) is 7.35. The third-order valence-corrected chi connectivity index (χ3v) is 3.26. The van der Waals surface area contributed by atoms with Gasteiger partial charge < -0.3 is 4.42 Å². The largest absolute Gasteiger partial charge is 0.423 e. The molecule has 0 aliphatic heterocycles. The molecule has 112 valence electrons. The molecule has 23 heavy (non-hydrogen) atoms. The maximum atomic E-state index is 5.00. The van der Waals surface area contributed by atoms with Crippen LogP contribution < -0.4 is 0 Å². The average Bonchev–Trinajstić information content (AvgIpc) is 3.19. The van der Waals surface area contributed by atoms with Crippen LogP contribution in [0, 0.1) is 0 Å². The van der Waals surface area contributed by atoms with Gasteiger partial charge in [0.2, 0.25) is 12.3 Å². The number of aromatic nitrogens is 2. The van der Waals surface area contributed by atoms with E-state index < -0.39 is 0 Å². The minimum absolute atomic E-state index is 0.561. The third-order valence-electron chi connectivity index (χ3n) is 3.26. The van der Waals surface area contributed by atoms with Crippen LogP contribution in [0.1, 0.15) is 0 Å². The van der Waals surface area contributed by atoms with Gasteiger partial charge in [0.05, 0.1) is 0 Å². The minimum Gasteiger partial charge on any atom is -0.423 e. The van der Waals surface area contributed by atoms with Gasteiger partial charge in [0.15, 0.2) is 0 Å². The highest BCUT2D eigenvalue weighted by Crippen LogP contribution is 2.17. The number of rotatable bonds is 2. The Bertz CT molecular complexity index is 761. The van der Waals surface area contributed by atoms with Gasteiger partial charge in [-0.2, -0.15) is 0 Å². The summed E-state index contributed by atoms with van der Waals surface area (Å²) in [5.74, 6) is 0.561. The Morgan fingerprint density at radius 2 is 0.957 bits per heavy atom. The smallest absolute Gasteiger partial charge is 0.247 e. The number of hydrogen-bond donors (Lipinski definition) is 0. The zero-order valence-electron chi connectivity index (χ0n) is 12.5. The molecule has 0 bridgehead atoms. The van der Waals surface area contributed by atoms with Crippen LogP contribution in [0.3, 0.4) is 0 Å². The standard InChI is InChI=1S/C12H10.C8H6N2O/c1-3-7-11(8-4-1)12-9-5-2-6-10-12;1-2-4-7(5-3-1)8-10-9-6-11-8/h1-10H;1-6H. The van der Waals surface area contributed by atoms with Gasteiger partial charge in [0, 0.05) is 5.56 Å². The van der Waals surface area contributed by atoms with Crippen molar-refractivity contribution in [1.29, 1.82) is 0 Å². The Morgan fingerprint density at radius 1 is 0.522 bits per heavy atom. The lowest BCUT2D eigenvalue weighted by Crippen LogP contribution is -1.75. The molecule has 0 unspecified atom stereocenters. The summed E-state index contributed by atoms with van der Waals surface area (Å²) in [5.41, 5.74) is 3.50. The number of hydrogen-bond acceptors (Lipinski definition) is 3. The number of nitrogens with zero attached hydrogens (tertiary/aromatic N) is 2. The zero-order valence-corrected chi connectivity index (χ0v) is 12.5. The van der Waals surface area contributed by atoms with E-state index in [-0.39, 0.29) is 0 Å². The highest BCUT2D eigenvalue weighted by Gasteiger charge is 1.99. The van der Waals surface area contributed by atoms with Crippen molar-refractivity contribution in [3.63, 3.8) is 0 Å². The van der Waals surface area contributed by atoms with E-state index in [1.54, 1.807) is 0 Å². The van der Waals surface area contributed by atoms with Gasteiger partial charge in [0.1, 0.15) is 0 Å². The van der Waals surface area contributed by atoms with Crippen molar-refractivity contribution in [2.24, 2.45) is 0 Å². The Morgan fingerprint density at radius 3 is 1.35 bits per heavy atom. The maximum absolute atomic E-state index is 5.00. The molecular formula is C20H16N2O. The van der Waals surface area contributed by atoms with Gasteiger partial charge in [-0.1, -0.05) is 78.9 Å². The average molecular weight is 300 g/mol. The fourth-order valence-electron chi connectivity index (χ4n) is 2.14. The summed E-state index contributed by atoms with van der Waals surface area (Å²) in [5, 5.41) is 7.35. The monoisotopic (exact) mass is 300 g/mol. The van der Waals surface area contributed by atoms with Crippen molar-refractivity contribution < 1.29 is 4.42 Å². The van der Waals surface area contributed by atoms with E-state index in [9.17, 15) is 0 Å². The predicted molar refractivity (Wildman–Crippen MR) is 91.6 cm³/mol. The molecule has 0 fully saturated rings. The Balaban J connectivity index is 0.000000136. The molecule has 0 spiro atoms. The van der Waals surface area contributed by atoms with E-state index in [0.29, 0.717) is 5.89 Å². The summed E-state index contributed by atoms with van der Waals surface area (Å²) in [6, 6.07) is 30.4. The molecule has 3 nitrogen and oxygen atoms in total. The maximum Gasteiger partial charge on any atom is 0.247 e. The van der Waals surface area contributed by atoms with Crippen LogP contribution in [0.2, 0.25) is 0 Å². The van der Waals surface area contributed by atoms with Crippen molar-refractivity contribution in [2.45, 2.75) is 0 Å². The van der Waals surface area contributed by atoms with Gasteiger partial charge in [-0.05, 0) is 23.3 Å². The van der Waals surface area contributed by atoms with Crippen molar-refractivity contribution >= 4 is 0 Å². The zero-order chi connectivity index (χ0) is 15.7. The molecule has 1 aromatic heterocycles. The third kappa shape index (κ3) is 4.14. The minimum atomic E-state index is 0.561. The molecular weight excluding hydrogens is 284 g/mol. The Labute approximate surface area is 135 Å². The Kier molecular flexibility index (Phi) is 4.93. The van der Waals surface area contributed by atoms with E-state index in [1.165, 1.54) is 17.5 Å². The molecule has 0 amide bonds. The quantitative estimate of drug-likeness (QED) is 0.517. The van der Waals surface area contributed by atoms with Gasteiger partial charge in [-0.25, -0.2) is 0 Å². The second-order valence-corrected chi connectivity index (χ2v) is 4.84. The topological polar surface area (TPSA) is 38.9 Å². The highest BCUT2D eigenvalue weighted by molar-refractivity contribution is 5.62. The molecule has 4 rings (SSSR count). The normalized spacial score (nSPS) is 9.74. The van der Waals surface area contributed by atoms with Gasteiger partial charge in [-0.3, -0.25) is 0 Å². The molecule has 0 N–H and O–H groups in total. The second kappa shape index (κ2) is 7.71. The van der Waals surface area contributed by atoms with Crippen LogP contribution in [0.25, 0.3) is 22.6 Å². The molecule has 0 aliphatic rings. The molecule has 0 radical (unpaired) electrons. The molecule has 3 aromatic carbocycles. The van der Waals surface area contributed by atoms with E-state index in [0.717, 1.165) is 5.56 Å². The van der Waals surface area contributed by atoms with Crippen molar-refractivity contribution in [2.75, 3.05) is 0 Å². The van der Waals surface area contributed by atoms with Crippen molar-refractivity contribution in [3.8, 4) is 22.6 Å². The van der Waals surface area contributed by atoms with Crippen LogP contribution in [0.15, 0.2) is 102 Å². The van der Waals surface area contributed by atoms with Crippen LogP contribution in [0.5, 0.6) is 0 Å². The summed E-state index contributed by atoms with van der Waals surface area (Å²) in [6.45, 7) is 0. The summed E-state index contributed by atoms with van der Waals surface area (Å²) in [7, 11) is 0. The first-order chi connectivity index (χ1) is 11.4. The lowest BCUT2D eigenvalue weighted by Gasteiger charge is -1.98. The fraction of sp³-hybridized carbons (Fsp3) is 0. The van der Waals surface area contributed by atoms with Crippen LogP contribution in [0.4, 0.5) is 0 Å². The molecule has 0 saturated heterocycles. The summed E-state index contributed by atoms with van der Waals surface area (Å²) >= 11 is 0. The van der Waals surface area contributed by atoms with E-state index in [4.69, 9.17) is 4.42 Å². The molecule has 1 heterocycles. The fourth-order valence-corrected chi connectivity index (χ4v) is 2.14. The summed E-state index contributed by atoms with van der Waals surface area (Å²) in [4.78, 5) is 0. The number of benzene rings is 3. The highest BCUT2D eigenvalue weighted by atomic mass is 16.4. The van der Waals surface area contributed by atoms with Crippen molar-refractivity contribution in [3.05, 3.63) is 97.4 Å². The van der Waals surface area contributed by atoms with E-state index >= 15 is 0 Å². The SMILES string of the molecule is c1ccc(-c2ccccc2)cc1.c1ccc(-c2nnco2)cc1. The second-order valence-electron chi connectivity index (χ2n) is 4.84. The van der Waals surface area contributed by atoms with E-state index in [2.05, 4.69) is 58.7 Å². The summed E-state index contributed by atoms with van der Waals surface area (Å²) in [6.07, 6.45) is 1.32. The first-order valence-electron chi connectivity index (χ1n) is 7.35. The van der Waals surface area contributed by atoms with Crippen LogP contribution in [-0.2, 0) is 0 Å². The summed E-state index contributed by atoms with van der Waals surface area (Å²) < 4.78 is 5.00. The van der Waals surface area contributed by atoms with Crippen LogP contribution in [-0.4, -0.2) is 10.2 Å². The van der Waals surface area contributed by atoms with Gasteiger partial charge >= 0.3 is 0 Å². The predicted octanol–water partition coefficient (Wildman–Crippen LogP) is 5.09. The molecule has 0 atom stereocenters. The molecule has 0 saturated carbocycles. The van der Waals surface area contributed by atoms with E-state index in [1.807, 2.05) is 42.5 Å². The van der Waals surface area contributed by atoms with Gasteiger partial charge in [-0.15, -0.1) is 10.2 Å². The molecule has 0 aliphatic carbocycles. The molecule has 4 aromatic rings. The van der Waals surface area contributed by atoms with Crippen LogP contribution >= 0.6 is 0 Å². The first kappa shape index (κ1) is 14.7. The van der Waals surface area contributed by atoms with Crippen molar-refractivity contribution in [1.82, 2.24) is 10.2 Å².